The van der Waals surface area contributed by atoms with Crippen LogP contribution in [0.15, 0.2) is 73.1 Å². The maximum atomic E-state index is 13.6. The van der Waals surface area contributed by atoms with E-state index in [0.29, 0.717) is 5.69 Å². The van der Waals surface area contributed by atoms with Gasteiger partial charge in [0.25, 0.3) is 5.91 Å². The van der Waals surface area contributed by atoms with E-state index in [0.717, 1.165) is 33.5 Å². The minimum Gasteiger partial charge on any atom is -0.322 e. The van der Waals surface area contributed by atoms with Gasteiger partial charge in [-0.2, -0.15) is 13.2 Å². The first-order chi connectivity index (χ1) is 16.1. The van der Waals surface area contributed by atoms with Crippen molar-refractivity contribution in [1.29, 1.82) is 0 Å². The first-order valence-electron chi connectivity index (χ1n) is 10.7. The third kappa shape index (κ3) is 5.10. The lowest BCUT2D eigenvalue weighted by molar-refractivity contribution is -0.138. The zero-order valence-corrected chi connectivity index (χ0v) is 19.1. The van der Waals surface area contributed by atoms with E-state index < -0.39 is 17.6 Å². The van der Waals surface area contributed by atoms with Crippen molar-refractivity contribution >= 4 is 22.4 Å². The van der Waals surface area contributed by atoms with Gasteiger partial charge in [0, 0.05) is 35.6 Å². The van der Waals surface area contributed by atoms with Gasteiger partial charge in [-0.1, -0.05) is 24.3 Å². The average Bonchev–Trinajstić information content (AvgIpc) is 2.79. The molecule has 0 saturated heterocycles. The Bertz CT molecular complexity index is 1360. The van der Waals surface area contributed by atoms with Crippen LogP contribution < -0.4 is 5.32 Å². The molecule has 0 spiro atoms. The normalized spacial score (nSPS) is 11.7. The number of amides is 1. The Kier molecular flexibility index (Phi) is 6.39. The van der Waals surface area contributed by atoms with Crippen LogP contribution in [-0.2, 0) is 12.7 Å². The van der Waals surface area contributed by atoms with Crippen LogP contribution in [0.5, 0.6) is 0 Å². The number of carbonyl (C=O) groups is 1. The minimum absolute atomic E-state index is 0.0475. The Balaban J connectivity index is 1.63. The van der Waals surface area contributed by atoms with Crippen LogP contribution in [0.2, 0.25) is 0 Å². The molecule has 0 aliphatic carbocycles. The molecule has 4 aromatic rings. The van der Waals surface area contributed by atoms with Crippen LogP contribution in [0.4, 0.5) is 18.9 Å². The van der Waals surface area contributed by atoms with Crippen molar-refractivity contribution in [3.05, 3.63) is 95.3 Å². The van der Waals surface area contributed by atoms with Crippen LogP contribution in [-0.4, -0.2) is 29.9 Å². The fourth-order valence-corrected chi connectivity index (χ4v) is 3.93. The van der Waals surface area contributed by atoms with E-state index in [1.54, 1.807) is 37.5 Å². The maximum Gasteiger partial charge on any atom is 0.416 e. The first kappa shape index (κ1) is 23.4. The molecule has 3 aromatic carbocycles. The number of fused-ring (bicyclic) bond motifs is 1. The van der Waals surface area contributed by atoms with Crippen molar-refractivity contribution < 1.29 is 18.0 Å². The molecule has 4 rings (SSSR count). The standard InChI is InChI=1S/C27H24F3N3O/c1-17-4-9-23(14-24(17)19-6-5-18-10-11-31-15-22(18)12-19)32-26(34)20-7-8-21(16-33(2)3)25(13-20)27(28,29)30/h4-15H,16H2,1-3H3,(H,32,34). The number of rotatable bonds is 5. The number of alkyl halides is 3. The van der Waals surface area contributed by atoms with Crippen molar-refractivity contribution in [3.8, 4) is 11.1 Å². The number of aryl methyl sites for hydroxylation is 1. The average molecular weight is 464 g/mol. The fraction of sp³-hybridized carbons (Fsp3) is 0.185. The molecule has 1 heterocycles. The number of benzene rings is 3. The number of anilines is 1. The van der Waals surface area contributed by atoms with E-state index in [9.17, 15) is 18.0 Å². The van der Waals surface area contributed by atoms with Gasteiger partial charge in [-0.05, 0) is 85.1 Å². The van der Waals surface area contributed by atoms with Crippen LogP contribution in [0.3, 0.4) is 0 Å². The van der Waals surface area contributed by atoms with Gasteiger partial charge in [0.1, 0.15) is 0 Å². The smallest absolute Gasteiger partial charge is 0.322 e. The maximum absolute atomic E-state index is 13.6. The number of hydrogen-bond acceptors (Lipinski definition) is 3. The van der Waals surface area contributed by atoms with Crippen LogP contribution in [0, 0.1) is 6.92 Å². The Morgan fingerprint density at radius 3 is 2.50 bits per heavy atom. The Labute approximate surface area is 196 Å². The van der Waals surface area contributed by atoms with E-state index in [1.165, 1.54) is 12.1 Å². The molecule has 7 heteroatoms. The summed E-state index contributed by atoms with van der Waals surface area (Å²) in [6.45, 7) is 2.09. The lowest BCUT2D eigenvalue weighted by atomic mass is 9.97. The molecule has 1 N–H and O–H groups in total. The highest BCUT2D eigenvalue weighted by Crippen LogP contribution is 2.34. The number of aromatic nitrogens is 1. The highest BCUT2D eigenvalue weighted by Gasteiger charge is 2.34. The monoisotopic (exact) mass is 463 g/mol. The molecule has 0 radical (unpaired) electrons. The summed E-state index contributed by atoms with van der Waals surface area (Å²) in [7, 11) is 3.39. The van der Waals surface area contributed by atoms with E-state index in [2.05, 4.69) is 10.3 Å². The Hall–Kier alpha value is -3.71. The highest BCUT2D eigenvalue weighted by atomic mass is 19.4. The van der Waals surface area contributed by atoms with Gasteiger partial charge < -0.3 is 10.2 Å². The van der Waals surface area contributed by atoms with E-state index in [4.69, 9.17) is 0 Å². The van der Waals surface area contributed by atoms with Crippen molar-refractivity contribution in [2.45, 2.75) is 19.6 Å². The number of nitrogens with zero attached hydrogens (tertiary/aromatic N) is 2. The molecule has 0 fully saturated rings. The van der Waals surface area contributed by atoms with Crippen LogP contribution in [0.25, 0.3) is 21.9 Å². The Morgan fingerprint density at radius 1 is 0.971 bits per heavy atom. The van der Waals surface area contributed by atoms with Gasteiger partial charge >= 0.3 is 6.18 Å². The topological polar surface area (TPSA) is 45.2 Å². The molecule has 0 aliphatic rings. The summed E-state index contributed by atoms with van der Waals surface area (Å²) in [6, 6.07) is 17.1. The molecular weight excluding hydrogens is 439 g/mol. The zero-order valence-electron chi connectivity index (χ0n) is 19.1. The summed E-state index contributed by atoms with van der Waals surface area (Å²) >= 11 is 0. The lowest BCUT2D eigenvalue weighted by Crippen LogP contribution is -2.19. The molecule has 174 valence electrons. The molecule has 0 unspecified atom stereocenters. The van der Waals surface area contributed by atoms with Crippen molar-refractivity contribution in [1.82, 2.24) is 9.88 Å². The van der Waals surface area contributed by atoms with Crippen molar-refractivity contribution in [3.63, 3.8) is 0 Å². The summed E-state index contributed by atoms with van der Waals surface area (Å²) in [5, 5.41) is 4.80. The van der Waals surface area contributed by atoms with Gasteiger partial charge in [0.05, 0.1) is 5.56 Å². The summed E-state index contributed by atoms with van der Waals surface area (Å²) in [5.74, 6) is -0.598. The van der Waals surface area contributed by atoms with Gasteiger partial charge in [0.2, 0.25) is 0 Å². The number of carbonyl (C=O) groups excluding carboxylic acids is 1. The quantitative estimate of drug-likeness (QED) is 0.365. The third-order valence-corrected chi connectivity index (χ3v) is 5.61. The highest BCUT2D eigenvalue weighted by molar-refractivity contribution is 6.05. The first-order valence-corrected chi connectivity index (χ1v) is 10.7. The predicted octanol–water partition coefficient (Wildman–Crippen LogP) is 6.54. The molecule has 0 bridgehead atoms. The molecule has 0 atom stereocenters. The van der Waals surface area contributed by atoms with Crippen molar-refractivity contribution in [2.75, 3.05) is 19.4 Å². The van der Waals surface area contributed by atoms with E-state index in [-0.39, 0.29) is 17.7 Å². The molecule has 0 aliphatic heterocycles. The number of nitrogens with one attached hydrogen (secondary N) is 1. The minimum atomic E-state index is -4.55. The van der Waals surface area contributed by atoms with Crippen LogP contribution >= 0.6 is 0 Å². The molecular formula is C27H24F3N3O. The van der Waals surface area contributed by atoms with Gasteiger partial charge in [-0.25, -0.2) is 0 Å². The summed E-state index contributed by atoms with van der Waals surface area (Å²) < 4.78 is 40.8. The largest absolute Gasteiger partial charge is 0.416 e. The second-order valence-electron chi connectivity index (χ2n) is 8.53. The van der Waals surface area contributed by atoms with Gasteiger partial charge in [-0.15, -0.1) is 0 Å². The lowest BCUT2D eigenvalue weighted by Gasteiger charge is -2.17. The van der Waals surface area contributed by atoms with E-state index in [1.807, 2.05) is 43.3 Å². The number of halogens is 3. The number of pyridine rings is 1. The molecule has 1 aromatic heterocycles. The SMILES string of the molecule is Cc1ccc(NC(=O)c2ccc(CN(C)C)c(C(F)(F)F)c2)cc1-c1ccc2ccncc2c1. The zero-order chi connectivity index (χ0) is 24.5. The third-order valence-electron chi connectivity index (χ3n) is 5.61. The molecule has 0 saturated carbocycles. The predicted molar refractivity (Wildman–Crippen MR) is 129 cm³/mol. The molecule has 4 nitrogen and oxygen atoms in total. The second-order valence-corrected chi connectivity index (χ2v) is 8.53. The second kappa shape index (κ2) is 9.27. The molecule has 34 heavy (non-hydrogen) atoms. The number of hydrogen-bond donors (Lipinski definition) is 1. The summed E-state index contributed by atoms with van der Waals surface area (Å²) in [6.07, 6.45) is -1.03. The Morgan fingerprint density at radius 2 is 1.76 bits per heavy atom. The van der Waals surface area contributed by atoms with Crippen LogP contribution in [0.1, 0.15) is 27.0 Å². The molecule has 1 amide bonds. The van der Waals surface area contributed by atoms with Gasteiger partial charge in [-0.3, -0.25) is 9.78 Å². The van der Waals surface area contributed by atoms with Gasteiger partial charge in [0.15, 0.2) is 0 Å². The fourth-order valence-electron chi connectivity index (χ4n) is 3.93. The van der Waals surface area contributed by atoms with Crippen molar-refractivity contribution in [2.24, 2.45) is 0 Å². The van der Waals surface area contributed by atoms with E-state index >= 15 is 0 Å². The summed E-state index contributed by atoms with van der Waals surface area (Å²) in [5.41, 5.74) is 2.66. The summed E-state index contributed by atoms with van der Waals surface area (Å²) in [4.78, 5) is 18.7.